The number of aromatic nitrogens is 2. The van der Waals surface area contributed by atoms with Gasteiger partial charge in [-0.05, 0) is 20.3 Å². The summed E-state index contributed by atoms with van der Waals surface area (Å²) in [5, 5.41) is 8.70. The van der Waals surface area contributed by atoms with Gasteiger partial charge in [-0.15, -0.1) is 0 Å². The summed E-state index contributed by atoms with van der Waals surface area (Å²) in [5.41, 5.74) is 3.59. The zero-order valence-electron chi connectivity index (χ0n) is 13.8. The molecule has 21 heavy (non-hydrogen) atoms. The number of aryl methyl sites for hydroxylation is 2. The van der Waals surface area contributed by atoms with Crippen molar-refractivity contribution in [2.24, 2.45) is 12.0 Å². The summed E-state index contributed by atoms with van der Waals surface area (Å²) in [5.74, 6) is 2.20. The van der Waals surface area contributed by atoms with E-state index in [0.29, 0.717) is 0 Å². The molecule has 1 fully saturated rings. The molecule has 2 rings (SSSR count). The van der Waals surface area contributed by atoms with E-state index < -0.39 is 0 Å². The summed E-state index contributed by atoms with van der Waals surface area (Å²) in [6, 6.07) is 0. The van der Waals surface area contributed by atoms with Gasteiger partial charge in [-0.2, -0.15) is 16.9 Å². The average Bonchev–Trinajstić information content (AvgIpc) is 2.74. The molecule has 1 aliphatic rings. The van der Waals surface area contributed by atoms with E-state index in [0.717, 1.165) is 36.5 Å². The van der Waals surface area contributed by atoms with Crippen molar-refractivity contribution in [2.75, 3.05) is 25.9 Å². The van der Waals surface area contributed by atoms with E-state index in [1.165, 1.54) is 23.4 Å². The molecule has 0 bridgehead atoms. The molecule has 1 unspecified atom stereocenters. The lowest BCUT2D eigenvalue weighted by Gasteiger charge is -2.34. The molecular formula is C15H27N5S. The first kappa shape index (κ1) is 16.2. The van der Waals surface area contributed by atoms with E-state index in [9.17, 15) is 0 Å². The second kappa shape index (κ2) is 7.20. The summed E-state index contributed by atoms with van der Waals surface area (Å²) in [7, 11) is 3.86. The lowest BCUT2D eigenvalue weighted by atomic mass is 10.2. The standard InChI is InChI=1S/C15H27N5S/c1-6-13-10-20(7-8-21-13)15(16-4)17-9-14-11(2)18-19(5)12(14)3/h13H,6-10H2,1-5H3,(H,16,17). The van der Waals surface area contributed by atoms with Crippen LogP contribution in [0.15, 0.2) is 4.99 Å². The summed E-state index contributed by atoms with van der Waals surface area (Å²) in [6.07, 6.45) is 1.22. The molecule has 1 aliphatic heterocycles. The first-order valence-electron chi connectivity index (χ1n) is 7.63. The Kier molecular flexibility index (Phi) is 5.56. The lowest BCUT2D eigenvalue weighted by molar-refractivity contribution is 0.408. The van der Waals surface area contributed by atoms with Crippen LogP contribution in [0, 0.1) is 13.8 Å². The van der Waals surface area contributed by atoms with Crippen molar-refractivity contribution in [1.82, 2.24) is 20.0 Å². The van der Waals surface area contributed by atoms with E-state index in [1.54, 1.807) is 0 Å². The van der Waals surface area contributed by atoms with Gasteiger partial charge in [0.1, 0.15) is 0 Å². The summed E-state index contributed by atoms with van der Waals surface area (Å²) in [6.45, 7) is 9.40. The molecule has 5 nitrogen and oxygen atoms in total. The maximum Gasteiger partial charge on any atom is 0.193 e. The predicted octanol–water partition coefficient (Wildman–Crippen LogP) is 1.94. The topological polar surface area (TPSA) is 45.4 Å². The number of nitrogens with one attached hydrogen (secondary N) is 1. The maximum absolute atomic E-state index is 4.47. The van der Waals surface area contributed by atoms with Crippen LogP contribution in [0.3, 0.4) is 0 Å². The minimum absolute atomic E-state index is 0.721. The minimum Gasteiger partial charge on any atom is -0.352 e. The van der Waals surface area contributed by atoms with E-state index in [1.807, 2.05) is 18.8 Å². The maximum atomic E-state index is 4.47. The molecule has 0 spiro atoms. The highest BCUT2D eigenvalue weighted by molar-refractivity contribution is 8.00. The fourth-order valence-corrected chi connectivity index (χ4v) is 3.91. The van der Waals surface area contributed by atoms with Crippen LogP contribution >= 0.6 is 11.8 Å². The van der Waals surface area contributed by atoms with Gasteiger partial charge in [0.25, 0.3) is 0 Å². The van der Waals surface area contributed by atoms with Crippen molar-refractivity contribution in [1.29, 1.82) is 0 Å². The highest BCUT2D eigenvalue weighted by Gasteiger charge is 2.21. The fraction of sp³-hybridized carbons (Fsp3) is 0.733. The summed E-state index contributed by atoms with van der Waals surface area (Å²) >= 11 is 2.08. The van der Waals surface area contributed by atoms with Crippen molar-refractivity contribution in [3.8, 4) is 0 Å². The van der Waals surface area contributed by atoms with E-state index in [-0.39, 0.29) is 0 Å². The second-order valence-electron chi connectivity index (χ2n) is 5.52. The molecule has 1 N–H and O–H groups in total. The van der Waals surface area contributed by atoms with Crippen LogP contribution in [0.4, 0.5) is 0 Å². The number of thioether (sulfide) groups is 1. The Morgan fingerprint density at radius 1 is 1.48 bits per heavy atom. The molecule has 0 aromatic carbocycles. The second-order valence-corrected chi connectivity index (χ2v) is 6.93. The monoisotopic (exact) mass is 309 g/mol. The van der Waals surface area contributed by atoms with Crippen molar-refractivity contribution < 1.29 is 0 Å². The molecule has 6 heteroatoms. The van der Waals surface area contributed by atoms with Gasteiger partial charge < -0.3 is 10.2 Å². The highest BCUT2D eigenvalue weighted by Crippen LogP contribution is 2.21. The molecule has 0 radical (unpaired) electrons. The van der Waals surface area contributed by atoms with Crippen LogP contribution in [0.25, 0.3) is 0 Å². The number of rotatable bonds is 3. The van der Waals surface area contributed by atoms with Crippen LogP contribution in [0.1, 0.15) is 30.3 Å². The first-order chi connectivity index (χ1) is 10.1. The molecular weight excluding hydrogens is 282 g/mol. The van der Waals surface area contributed by atoms with Gasteiger partial charge in [-0.25, -0.2) is 0 Å². The Hall–Kier alpha value is -1.17. The summed E-state index contributed by atoms with van der Waals surface area (Å²) < 4.78 is 1.94. The Morgan fingerprint density at radius 2 is 2.24 bits per heavy atom. The molecule has 0 amide bonds. The quantitative estimate of drug-likeness (QED) is 0.685. The molecule has 1 saturated heterocycles. The van der Waals surface area contributed by atoms with E-state index >= 15 is 0 Å². The number of guanidine groups is 1. The van der Waals surface area contributed by atoms with Crippen molar-refractivity contribution in [3.63, 3.8) is 0 Å². The molecule has 0 saturated carbocycles. The van der Waals surface area contributed by atoms with Crippen LogP contribution in [-0.2, 0) is 13.6 Å². The molecule has 1 atom stereocenters. The van der Waals surface area contributed by atoms with Gasteiger partial charge in [0.2, 0.25) is 0 Å². The van der Waals surface area contributed by atoms with Gasteiger partial charge in [-0.3, -0.25) is 9.67 Å². The van der Waals surface area contributed by atoms with Gasteiger partial charge in [0.05, 0.1) is 5.69 Å². The van der Waals surface area contributed by atoms with Crippen LogP contribution in [0.2, 0.25) is 0 Å². The van der Waals surface area contributed by atoms with E-state index in [4.69, 9.17) is 0 Å². The summed E-state index contributed by atoms with van der Waals surface area (Å²) in [4.78, 5) is 6.84. The Morgan fingerprint density at radius 3 is 2.81 bits per heavy atom. The number of hydrogen-bond donors (Lipinski definition) is 1. The molecule has 1 aromatic rings. The lowest BCUT2D eigenvalue weighted by Crippen LogP contribution is -2.47. The Balaban J connectivity index is 2.00. The van der Waals surface area contributed by atoms with Crippen molar-refractivity contribution >= 4 is 17.7 Å². The van der Waals surface area contributed by atoms with E-state index in [2.05, 4.69) is 52.8 Å². The first-order valence-corrected chi connectivity index (χ1v) is 8.68. The normalized spacial score (nSPS) is 20.0. The van der Waals surface area contributed by atoms with Gasteiger partial charge >= 0.3 is 0 Å². The molecule has 2 heterocycles. The predicted molar refractivity (Wildman–Crippen MR) is 91.0 cm³/mol. The Bertz CT molecular complexity index is 508. The SMILES string of the molecule is CCC1CN(C(=NC)NCc2c(C)nn(C)c2C)CCS1. The van der Waals surface area contributed by atoms with Crippen LogP contribution in [0.5, 0.6) is 0 Å². The smallest absolute Gasteiger partial charge is 0.193 e. The van der Waals surface area contributed by atoms with Gasteiger partial charge in [0, 0.05) is 56.0 Å². The van der Waals surface area contributed by atoms with Crippen LogP contribution < -0.4 is 5.32 Å². The third-order valence-electron chi connectivity index (χ3n) is 4.19. The van der Waals surface area contributed by atoms with Crippen LogP contribution in [-0.4, -0.2) is 51.8 Å². The number of aliphatic imine (C=N–C) groups is 1. The van der Waals surface area contributed by atoms with Crippen molar-refractivity contribution in [2.45, 2.75) is 39.0 Å². The minimum atomic E-state index is 0.721. The highest BCUT2D eigenvalue weighted by atomic mass is 32.2. The van der Waals surface area contributed by atoms with Crippen molar-refractivity contribution in [3.05, 3.63) is 17.0 Å². The third kappa shape index (κ3) is 3.73. The zero-order valence-corrected chi connectivity index (χ0v) is 14.6. The molecule has 1 aromatic heterocycles. The largest absolute Gasteiger partial charge is 0.352 e. The molecule has 118 valence electrons. The third-order valence-corrected chi connectivity index (χ3v) is 5.56. The average molecular weight is 309 g/mol. The Labute approximate surface area is 132 Å². The molecule has 0 aliphatic carbocycles. The fourth-order valence-electron chi connectivity index (χ4n) is 2.73. The van der Waals surface area contributed by atoms with Gasteiger partial charge in [0.15, 0.2) is 5.96 Å². The number of hydrogen-bond acceptors (Lipinski definition) is 3. The number of nitrogens with zero attached hydrogens (tertiary/aromatic N) is 4. The zero-order chi connectivity index (χ0) is 15.4. The van der Waals surface area contributed by atoms with Gasteiger partial charge in [-0.1, -0.05) is 6.92 Å².